The van der Waals surface area contributed by atoms with Gasteiger partial charge in [0.05, 0.1) is 10.0 Å². The lowest BCUT2D eigenvalue weighted by atomic mass is 10.2. The van der Waals surface area contributed by atoms with E-state index < -0.39 is 0 Å². The first-order valence-electron chi connectivity index (χ1n) is 5.31. The van der Waals surface area contributed by atoms with Crippen LogP contribution in [0, 0.1) is 0 Å². The summed E-state index contributed by atoms with van der Waals surface area (Å²) in [5, 5.41) is 4.67. The normalized spacial score (nSPS) is 13.1. The van der Waals surface area contributed by atoms with E-state index in [9.17, 15) is 0 Å². The highest BCUT2D eigenvalue weighted by Crippen LogP contribution is 2.25. The molecule has 0 fully saturated rings. The third-order valence-corrected chi connectivity index (χ3v) is 3.17. The Balaban J connectivity index is 2.51. The summed E-state index contributed by atoms with van der Waals surface area (Å²) in [6, 6.07) is 6.13. The van der Waals surface area contributed by atoms with Crippen LogP contribution in [-0.2, 0) is 6.54 Å². The van der Waals surface area contributed by atoms with Gasteiger partial charge in [-0.25, -0.2) is 0 Å². The van der Waals surface area contributed by atoms with Gasteiger partial charge in [-0.3, -0.25) is 0 Å². The number of likely N-dealkylation sites (N-methyl/N-ethyl adjacent to an activating group) is 1. The summed E-state index contributed by atoms with van der Waals surface area (Å²) >= 11 is 12.0. The second kappa shape index (κ2) is 6.45. The molecule has 0 saturated heterocycles. The zero-order chi connectivity index (χ0) is 12.1. The fourth-order valence-corrected chi connectivity index (χ4v) is 1.97. The van der Waals surface area contributed by atoms with E-state index in [1.54, 1.807) is 6.07 Å². The van der Waals surface area contributed by atoms with E-state index in [1.807, 2.05) is 12.1 Å². The number of nitrogens with zero attached hydrogens (tertiary/aromatic N) is 1. The third kappa shape index (κ3) is 4.30. The molecule has 0 aliphatic carbocycles. The molecule has 1 aromatic carbocycles. The molecule has 0 amide bonds. The van der Waals surface area contributed by atoms with Crippen LogP contribution in [0.3, 0.4) is 0 Å². The molecule has 90 valence electrons. The molecule has 16 heavy (non-hydrogen) atoms. The molecule has 0 saturated carbocycles. The van der Waals surface area contributed by atoms with E-state index >= 15 is 0 Å². The second-order valence-electron chi connectivity index (χ2n) is 4.26. The van der Waals surface area contributed by atoms with Crippen molar-refractivity contribution < 1.29 is 0 Å². The monoisotopic (exact) mass is 260 g/mol. The molecule has 1 aromatic rings. The van der Waals surface area contributed by atoms with Crippen molar-refractivity contribution in [2.24, 2.45) is 0 Å². The van der Waals surface area contributed by atoms with Crippen LogP contribution in [-0.4, -0.2) is 31.6 Å². The molecule has 1 atom stereocenters. The van der Waals surface area contributed by atoms with Crippen LogP contribution in [0.4, 0.5) is 0 Å². The summed E-state index contributed by atoms with van der Waals surface area (Å²) in [6.45, 7) is 3.89. The summed E-state index contributed by atoms with van der Waals surface area (Å²) in [5.74, 6) is 0. The first-order chi connectivity index (χ1) is 7.50. The van der Waals surface area contributed by atoms with E-state index in [0.29, 0.717) is 16.1 Å². The highest BCUT2D eigenvalue weighted by atomic mass is 35.5. The summed E-state index contributed by atoms with van der Waals surface area (Å²) in [4.78, 5) is 2.15. The minimum Gasteiger partial charge on any atom is -0.309 e. The Hall–Kier alpha value is -0.280. The Morgan fingerprint density at radius 3 is 2.62 bits per heavy atom. The van der Waals surface area contributed by atoms with Crippen molar-refractivity contribution in [2.75, 3.05) is 20.6 Å². The number of nitrogens with one attached hydrogen (secondary N) is 1. The van der Waals surface area contributed by atoms with Crippen LogP contribution < -0.4 is 5.32 Å². The van der Waals surface area contributed by atoms with E-state index in [0.717, 1.165) is 18.7 Å². The number of rotatable bonds is 5. The van der Waals surface area contributed by atoms with E-state index in [-0.39, 0.29) is 0 Å². The third-order valence-electron chi connectivity index (χ3n) is 2.31. The van der Waals surface area contributed by atoms with Crippen molar-refractivity contribution in [3.8, 4) is 0 Å². The first kappa shape index (κ1) is 13.8. The summed E-state index contributed by atoms with van der Waals surface area (Å²) in [6.07, 6.45) is 0. The van der Waals surface area contributed by atoms with Gasteiger partial charge >= 0.3 is 0 Å². The molecule has 0 aliphatic heterocycles. The minimum absolute atomic E-state index is 0.421. The molecule has 0 bridgehead atoms. The molecular formula is C12H18Cl2N2. The summed E-state index contributed by atoms with van der Waals surface area (Å²) < 4.78 is 0. The Labute approximate surface area is 108 Å². The fraction of sp³-hybridized carbons (Fsp3) is 0.500. The number of hydrogen-bond donors (Lipinski definition) is 1. The molecule has 2 nitrogen and oxygen atoms in total. The number of hydrogen-bond acceptors (Lipinski definition) is 2. The molecule has 0 aromatic heterocycles. The maximum absolute atomic E-state index is 6.10. The standard InChI is InChI=1S/C12H18Cl2N2/c1-9(8-16(2)3)15-7-10-5-4-6-11(13)12(10)14/h4-6,9,15H,7-8H2,1-3H3. The highest BCUT2D eigenvalue weighted by molar-refractivity contribution is 6.42. The van der Waals surface area contributed by atoms with Gasteiger partial charge in [0.25, 0.3) is 0 Å². The average Bonchev–Trinajstić information content (AvgIpc) is 2.19. The summed E-state index contributed by atoms with van der Waals surface area (Å²) in [7, 11) is 4.12. The predicted molar refractivity (Wildman–Crippen MR) is 71.3 cm³/mol. The maximum atomic E-state index is 6.10. The highest BCUT2D eigenvalue weighted by Gasteiger charge is 2.06. The average molecular weight is 261 g/mol. The number of benzene rings is 1. The predicted octanol–water partition coefficient (Wildman–Crippen LogP) is 3.03. The smallest absolute Gasteiger partial charge is 0.0637 e. The molecule has 0 spiro atoms. The quantitative estimate of drug-likeness (QED) is 0.876. The fourth-order valence-electron chi connectivity index (χ4n) is 1.58. The Bertz CT molecular complexity index is 340. The van der Waals surface area contributed by atoms with Gasteiger partial charge in [-0.1, -0.05) is 35.3 Å². The van der Waals surface area contributed by atoms with Crippen molar-refractivity contribution in [1.29, 1.82) is 0 Å². The van der Waals surface area contributed by atoms with Crippen LogP contribution in [0.5, 0.6) is 0 Å². The van der Waals surface area contributed by atoms with Gasteiger partial charge in [-0.2, -0.15) is 0 Å². The van der Waals surface area contributed by atoms with Crippen LogP contribution in [0.25, 0.3) is 0 Å². The molecule has 1 rings (SSSR count). The Morgan fingerprint density at radius 2 is 2.00 bits per heavy atom. The molecular weight excluding hydrogens is 243 g/mol. The van der Waals surface area contributed by atoms with Crippen molar-refractivity contribution in [1.82, 2.24) is 10.2 Å². The van der Waals surface area contributed by atoms with Gasteiger partial charge in [0.1, 0.15) is 0 Å². The largest absolute Gasteiger partial charge is 0.309 e. The Kier molecular flexibility index (Phi) is 5.56. The summed E-state index contributed by atoms with van der Waals surface area (Å²) in [5.41, 5.74) is 1.04. The topological polar surface area (TPSA) is 15.3 Å². The van der Waals surface area contributed by atoms with Crippen LogP contribution in [0.1, 0.15) is 12.5 Å². The lowest BCUT2D eigenvalue weighted by Gasteiger charge is -2.18. The van der Waals surface area contributed by atoms with Gasteiger partial charge in [-0.05, 0) is 32.6 Å². The number of halogens is 2. The minimum atomic E-state index is 0.421. The van der Waals surface area contributed by atoms with Gasteiger partial charge < -0.3 is 10.2 Å². The van der Waals surface area contributed by atoms with Crippen LogP contribution in [0.2, 0.25) is 10.0 Å². The van der Waals surface area contributed by atoms with Crippen LogP contribution >= 0.6 is 23.2 Å². The van der Waals surface area contributed by atoms with Gasteiger partial charge in [0.2, 0.25) is 0 Å². The van der Waals surface area contributed by atoms with Gasteiger partial charge in [-0.15, -0.1) is 0 Å². The molecule has 1 unspecified atom stereocenters. The molecule has 1 N–H and O–H groups in total. The zero-order valence-corrected chi connectivity index (χ0v) is 11.4. The van der Waals surface area contributed by atoms with E-state index in [2.05, 4.69) is 31.2 Å². The van der Waals surface area contributed by atoms with Crippen molar-refractivity contribution in [2.45, 2.75) is 19.5 Å². The molecule has 0 radical (unpaired) electrons. The molecule has 0 heterocycles. The zero-order valence-electron chi connectivity index (χ0n) is 9.93. The van der Waals surface area contributed by atoms with Crippen molar-refractivity contribution in [3.05, 3.63) is 33.8 Å². The molecule has 4 heteroatoms. The molecule has 0 aliphatic rings. The maximum Gasteiger partial charge on any atom is 0.0637 e. The lowest BCUT2D eigenvalue weighted by molar-refractivity contribution is 0.349. The Morgan fingerprint density at radius 1 is 1.31 bits per heavy atom. The second-order valence-corrected chi connectivity index (χ2v) is 5.04. The van der Waals surface area contributed by atoms with Gasteiger partial charge in [0, 0.05) is 19.1 Å². The lowest BCUT2D eigenvalue weighted by Crippen LogP contribution is -2.35. The van der Waals surface area contributed by atoms with Crippen LogP contribution in [0.15, 0.2) is 18.2 Å². The van der Waals surface area contributed by atoms with E-state index in [4.69, 9.17) is 23.2 Å². The van der Waals surface area contributed by atoms with Gasteiger partial charge in [0.15, 0.2) is 0 Å². The van der Waals surface area contributed by atoms with Crippen molar-refractivity contribution in [3.63, 3.8) is 0 Å². The SMILES string of the molecule is CC(CN(C)C)NCc1cccc(Cl)c1Cl. The van der Waals surface area contributed by atoms with E-state index in [1.165, 1.54) is 0 Å². The van der Waals surface area contributed by atoms with Crippen molar-refractivity contribution >= 4 is 23.2 Å². The first-order valence-corrected chi connectivity index (χ1v) is 6.07.